The minimum Gasteiger partial charge on any atom is -0.481 e. The molecule has 0 amide bonds. The molecule has 2 rings (SSSR count). The van der Waals surface area contributed by atoms with E-state index < -0.39 is 0 Å². The number of benzene rings is 1. The Labute approximate surface area is 131 Å². The number of nitrogens with one attached hydrogen (secondary N) is 1. The highest BCUT2D eigenvalue weighted by Crippen LogP contribution is 2.12. The Bertz CT molecular complexity index is 611. The number of ether oxygens (including phenoxy) is 1. The van der Waals surface area contributed by atoms with Crippen LogP contribution in [0, 0.1) is 0 Å². The van der Waals surface area contributed by atoms with E-state index in [1.807, 2.05) is 49.3 Å². The summed E-state index contributed by atoms with van der Waals surface area (Å²) >= 11 is 0. The molecule has 0 radical (unpaired) electrons. The van der Waals surface area contributed by atoms with Crippen molar-refractivity contribution < 1.29 is 4.74 Å². The molecule has 0 saturated heterocycles. The quantitative estimate of drug-likeness (QED) is 0.680. The van der Waals surface area contributed by atoms with E-state index in [4.69, 9.17) is 4.74 Å². The molecule has 0 unspecified atom stereocenters. The number of methoxy groups -OCH3 is 1. The fourth-order valence-electron chi connectivity index (χ4n) is 2.02. The molecule has 0 aliphatic rings. The zero-order chi connectivity index (χ0) is 15.8. The highest BCUT2D eigenvalue weighted by molar-refractivity contribution is 5.79. The second-order valence-corrected chi connectivity index (χ2v) is 5.05. The van der Waals surface area contributed by atoms with Crippen molar-refractivity contribution in [1.82, 2.24) is 15.2 Å². The third kappa shape index (κ3) is 4.48. The summed E-state index contributed by atoms with van der Waals surface area (Å²) in [4.78, 5) is 10.8. The van der Waals surface area contributed by atoms with Crippen LogP contribution >= 0.6 is 0 Å². The molecule has 1 N–H and O–H groups in total. The molecule has 0 fully saturated rings. The number of aromatic nitrogens is 1. The van der Waals surface area contributed by atoms with Crippen LogP contribution in [-0.2, 0) is 13.1 Å². The Morgan fingerprint density at radius 1 is 1.18 bits per heavy atom. The summed E-state index contributed by atoms with van der Waals surface area (Å²) in [6.07, 6.45) is 1.72. The number of aliphatic imine (C=N–C) groups is 1. The lowest BCUT2D eigenvalue weighted by Gasteiger charge is -2.18. The van der Waals surface area contributed by atoms with Crippen LogP contribution in [0.4, 0.5) is 0 Å². The molecule has 0 atom stereocenters. The molecule has 1 heterocycles. The van der Waals surface area contributed by atoms with Gasteiger partial charge in [0, 0.05) is 32.4 Å². The van der Waals surface area contributed by atoms with Gasteiger partial charge in [-0.25, -0.2) is 9.98 Å². The van der Waals surface area contributed by atoms with Crippen molar-refractivity contribution in [3.05, 3.63) is 59.8 Å². The van der Waals surface area contributed by atoms with Gasteiger partial charge >= 0.3 is 0 Å². The molecule has 5 heteroatoms. The van der Waals surface area contributed by atoms with Crippen molar-refractivity contribution in [3.8, 4) is 5.88 Å². The lowest BCUT2D eigenvalue weighted by atomic mass is 10.2. The van der Waals surface area contributed by atoms with Crippen LogP contribution < -0.4 is 10.1 Å². The summed E-state index contributed by atoms with van der Waals surface area (Å²) in [7, 11) is 5.57. The Kier molecular flexibility index (Phi) is 5.77. The summed E-state index contributed by atoms with van der Waals surface area (Å²) in [6, 6.07) is 14.1. The lowest BCUT2D eigenvalue weighted by Crippen LogP contribution is -2.36. The molecule has 2 aromatic rings. The second-order valence-electron chi connectivity index (χ2n) is 5.05. The first-order chi connectivity index (χ1) is 10.7. The molecule has 0 saturated carbocycles. The van der Waals surface area contributed by atoms with Crippen molar-refractivity contribution in [2.45, 2.75) is 13.1 Å². The van der Waals surface area contributed by atoms with Crippen LogP contribution in [0.25, 0.3) is 0 Å². The predicted octanol–water partition coefficient (Wildman–Crippen LogP) is 2.30. The van der Waals surface area contributed by atoms with E-state index in [0.29, 0.717) is 19.0 Å². The molecule has 0 aliphatic heterocycles. The van der Waals surface area contributed by atoms with Crippen molar-refractivity contribution in [1.29, 1.82) is 0 Å². The number of nitrogens with zero attached hydrogens (tertiary/aromatic N) is 3. The molecular weight excluding hydrogens is 276 g/mol. The summed E-state index contributed by atoms with van der Waals surface area (Å²) in [5.41, 5.74) is 2.18. The number of hydrogen-bond donors (Lipinski definition) is 1. The number of pyridine rings is 1. The van der Waals surface area contributed by atoms with Crippen molar-refractivity contribution in [2.24, 2.45) is 4.99 Å². The van der Waals surface area contributed by atoms with E-state index in [9.17, 15) is 0 Å². The van der Waals surface area contributed by atoms with Gasteiger partial charge in [-0.1, -0.05) is 36.4 Å². The van der Waals surface area contributed by atoms with Crippen molar-refractivity contribution in [3.63, 3.8) is 0 Å². The minimum atomic E-state index is 0.614. The molecule has 1 aromatic heterocycles. The first-order valence-corrected chi connectivity index (χ1v) is 7.18. The van der Waals surface area contributed by atoms with E-state index in [0.717, 1.165) is 11.5 Å². The third-order valence-corrected chi connectivity index (χ3v) is 3.16. The van der Waals surface area contributed by atoms with Gasteiger partial charge in [0.15, 0.2) is 5.96 Å². The molecular formula is C17H22N4O. The first-order valence-electron chi connectivity index (χ1n) is 7.18. The number of rotatable bonds is 5. The van der Waals surface area contributed by atoms with Gasteiger partial charge in [0.25, 0.3) is 0 Å². The van der Waals surface area contributed by atoms with Gasteiger partial charge in [-0.05, 0) is 11.6 Å². The van der Waals surface area contributed by atoms with Gasteiger partial charge in [0.1, 0.15) is 0 Å². The van der Waals surface area contributed by atoms with Gasteiger partial charge < -0.3 is 15.0 Å². The monoisotopic (exact) mass is 298 g/mol. The van der Waals surface area contributed by atoms with Crippen LogP contribution in [0.1, 0.15) is 11.1 Å². The van der Waals surface area contributed by atoms with Crippen molar-refractivity contribution >= 4 is 5.96 Å². The summed E-state index contributed by atoms with van der Waals surface area (Å²) in [6.45, 7) is 1.26. The Morgan fingerprint density at radius 3 is 2.64 bits per heavy atom. The molecule has 116 valence electrons. The van der Waals surface area contributed by atoms with Gasteiger partial charge in [0.2, 0.25) is 5.88 Å². The van der Waals surface area contributed by atoms with E-state index in [-0.39, 0.29) is 0 Å². The van der Waals surface area contributed by atoms with E-state index >= 15 is 0 Å². The van der Waals surface area contributed by atoms with Gasteiger partial charge in [0.05, 0.1) is 13.7 Å². The van der Waals surface area contributed by atoms with Gasteiger partial charge in [-0.15, -0.1) is 0 Å². The topological polar surface area (TPSA) is 49.8 Å². The molecule has 22 heavy (non-hydrogen) atoms. The van der Waals surface area contributed by atoms with E-state index in [1.165, 1.54) is 5.56 Å². The summed E-state index contributed by atoms with van der Waals surface area (Å²) < 4.78 is 5.26. The molecule has 0 bridgehead atoms. The van der Waals surface area contributed by atoms with E-state index in [1.54, 1.807) is 13.3 Å². The summed E-state index contributed by atoms with van der Waals surface area (Å²) in [5.74, 6) is 1.46. The fourth-order valence-corrected chi connectivity index (χ4v) is 2.02. The lowest BCUT2D eigenvalue weighted by molar-refractivity contribution is 0.391. The van der Waals surface area contributed by atoms with Crippen LogP contribution in [0.2, 0.25) is 0 Å². The maximum Gasteiger partial charge on any atom is 0.218 e. The average Bonchev–Trinajstić information content (AvgIpc) is 2.55. The molecule has 1 aromatic carbocycles. The third-order valence-electron chi connectivity index (χ3n) is 3.16. The van der Waals surface area contributed by atoms with Crippen LogP contribution in [0.15, 0.2) is 53.7 Å². The predicted molar refractivity (Wildman–Crippen MR) is 88.9 cm³/mol. The van der Waals surface area contributed by atoms with E-state index in [2.05, 4.69) is 27.4 Å². The number of guanidine groups is 1. The number of hydrogen-bond acceptors (Lipinski definition) is 3. The largest absolute Gasteiger partial charge is 0.481 e. The average molecular weight is 298 g/mol. The second kappa shape index (κ2) is 8.02. The zero-order valence-electron chi connectivity index (χ0n) is 13.3. The zero-order valence-corrected chi connectivity index (χ0v) is 13.3. The normalized spacial score (nSPS) is 11.1. The highest BCUT2D eigenvalue weighted by atomic mass is 16.5. The first kappa shape index (κ1) is 15.8. The van der Waals surface area contributed by atoms with Crippen molar-refractivity contribution in [2.75, 3.05) is 21.2 Å². The highest BCUT2D eigenvalue weighted by Gasteiger charge is 2.06. The fraction of sp³-hybridized carbons (Fsp3) is 0.294. The SMILES string of the molecule is COc1ncccc1CNC(=NCc1ccccc1)N(C)C. The maximum atomic E-state index is 5.26. The van der Waals surface area contributed by atoms with Crippen LogP contribution in [0.3, 0.4) is 0 Å². The van der Waals surface area contributed by atoms with Crippen LogP contribution in [0.5, 0.6) is 5.88 Å². The maximum absolute atomic E-state index is 5.26. The van der Waals surface area contributed by atoms with Crippen LogP contribution in [-0.4, -0.2) is 37.0 Å². The van der Waals surface area contributed by atoms with Gasteiger partial charge in [-0.2, -0.15) is 0 Å². The smallest absolute Gasteiger partial charge is 0.218 e. The molecule has 5 nitrogen and oxygen atoms in total. The molecule has 0 spiro atoms. The standard InChI is InChI=1S/C17H22N4O/c1-21(2)17(19-12-14-8-5-4-6-9-14)20-13-15-10-7-11-18-16(15)22-3/h4-11H,12-13H2,1-3H3,(H,19,20). The Hall–Kier alpha value is -2.56. The minimum absolute atomic E-state index is 0.614. The van der Waals surface area contributed by atoms with Gasteiger partial charge in [-0.3, -0.25) is 0 Å². The Morgan fingerprint density at radius 2 is 1.95 bits per heavy atom. The summed E-state index contributed by atoms with van der Waals surface area (Å²) in [5, 5.41) is 3.34. The molecule has 0 aliphatic carbocycles. The Balaban J connectivity index is 2.03.